The number of benzene rings is 1. The van der Waals surface area contributed by atoms with Crippen molar-refractivity contribution < 1.29 is 13.2 Å². The van der Waals surface area contributed by atoms with Crippen molar-refractivity contribution in [2.24, 2.45) is 11.3 Å². The minimum absolute atomic E-state index is 0.00396. The second-order valence-corrected chi connectivity index (χ2v) is 14.9. The topological polar surface area (TPSA) is 127 Å². The molecule has 230 valence electrons. The summed E-state index contributed by atoms with van der Waals surface area (Å²) in [6, 6.07) is 7.60. The highest BCUT2D eigenvalue weighted by Crippen LogP contribution is 2.39. The van der Waals surface area contributed by atoms with Crippen LogP contribution in [0, 0.1) is 18.3 Å². The van der Waals surface area contributed by atoms with E-state index in [-0.39, 0.29) is 16.1 Å². The number of sulfonamides is 1. The number of fused-ring (bicyclic) bond motifs is 2. The minimum atomic E-state index is -3.82. The summed E-state index contributed by atoms with van der Waals surface area (Å²) in [5.41, 5.74) is 11.3. The molecule has 0 spiro atoms. The van der Waals surface area contributed by atoms with E-state index in [0.717, 1.165) is 79.4 Å². The molecule has 1 aliphatic carbocycles. The van der Waals surface area contributed by atoms with Gasteiger partial charge in [-0.3, -0.25) is 0 Å². The second-order valence-electron chi connectivity index (χ2n) is 13.2. The van der Waals surface area contributed by atoms with Crippen molar-refractivity contribution in [3.63, 3.8) is 0 Å². The van der Waals surface area contributed by atoms with Gasteiger partial charge in [0, 0.05) is 41.7 Å². The molecule has 3 aliphatic rings. The number of nitrogen functional groups attached to an aromatic ring is 1. The molecule has 43 heavy (non-hydrogen) atoms. The van der Waals surface area contributed by atoms with E-state index < -0.39 is 10.0 Å². The molecule has 1 fully saturated rings. The lowest BCUT2D eigenvalue weighted by atomic mass is 9.76. The fourth-order valence-electron chi connectivity index (χ4n) is 6.47. The van der Waals surface area contributed by atoms with Crippen LogP contribution in [0.2, 0.25) is 0 Å². The lowest BCUT2D eigenvalue weighted by Gasteiger charge is -2.34. The summed E-state index contributed by atoms with van der Waals surface area (Å²) in [5, 5.41) is 0. The number of piperidine rings is 1. The van der Waals surface area contributed by atoms with Crippen LogP contribution in [0.15, 0.2) is 35.4 Å². The van der Waals surface area contributed by atoms with Gasteiger partial charge in [0.1, 0.15) is 34.7 Å². The number of aryl methyl sites for hydroxylation is 2. The molecule has 11 heteroatoms. The van der Waals surface area contributed by atoms with E-state index in [0.29, 0.717) is 37.7 Å². The van der Waals surface area contributed by atoms with Crippen LogP contribution in [0.3, 0.4) is 0 Å². The zero-order valence-electron chi connectivity index (χ0n) is 25.7. The highest BCUT2D eigenvalue weighted by Gasteiger charge is 2.31. The Kier molecular flexibility index (Phi) is 8.08. The molecule has 2 aromatic heterocycles. The monoisotopic (exact) mass is 605 g/mol. The molecule has 3 aromatic rings. The average Bonchev–Trinajstić information content (AvgIpc) is 3.19. The van der Waals surface area contributed by atoms with Crippen molar-refractivity contribution in [2.75, 3.05) is 50.5 Å². The summed E-state index contributed by atoms with van der Waals surface area (Å²) in [6.45, 7) is 10.8. The van der Waals surface area contributed by atoms with E-state index >= 15 is 0 Å². The number of nitrogens with zero attached hydrogens (tertiary/aromatic N) is 5. The predicted molar refractivity (Wildman–Crippen MR) is 169 cm³/mol. The van der Waals surface area contributed by atoms with Gasteiger partial charge in [-0.05, 0) is 94.3 Å². The molecule has 0 unspecified atom stereocenters. The first-order valence-electron chi connectivity index (χ1n) is 15.3. The third-order valence-corrected chi connectivity index (χ3v) is 10.6. The van der Waals surface area contributed by atoms with Gasteiger partial charge < -0.3 is 20.3 Å². The molecular weight excluding hydrogens is 562 g/mol. The smallest absolute Gasteiger partial charge is 0.244 e. The summed E-state index contributed by atoms with van der Waals surface area (Å²) in [7, 11) is -1.73. The zero-order chi connectivity index (χ0) is 30.4. The molecule has 2 aliphatic heterocycles. The van der Waals surface area contributed by atoms with Crippen molar-refractivity contribution in [3.05, 3.63) is 53.1 Å². The van der Waals surface area contributed by atoms with Gasteiger partial charge in [-0.25, -0.2) is 28.1 Å². The first kappa shape index (κ1) is 29.8. The Morgan fingerprint density at radius 3 is 2.70 bits per heavy atom. The van der Waals surface area contributed by atoms with E-state index in [2.05, 4.69) is 46.5 Å². The first-order valence-corrected chi connectivity index (χ1v) is 16.8. The lowest BCUT2D eigenvalue weighted by molar-refractivity contribution is 0.220. The number of rotatable bonds is 6. The molecule has 0 radical (unpaired) electrons. The first-order chi connectivity index (χ1) is 20.5. The van der Waals surface area contributed by atoms with Crippen molar-refractivity contribution in [3.8, 4) is 16.9 Å². The molecule has 1 aromatic carbocycles. The lowest BCUT2D eigenvalue weighted by Crippen LogP contribution is -2.37. The molecule has 0 saturated carbocycles. The molecule has 0 atom stereocenters. The number of nitrogens with one attached hydrogen (secondary N) is 1. The van der Waals surface area contributed by atoms with Crippen LogP contribution in [-0.4, -0.2) is 68.1 Å². The van der Waals surface area contributed by atoms with Crippen molar-refractivity contribution in [2.45, 2.75) is 64.3 Å². The van der Waals surface area contributed by atoms with Gasteiger partial charge >= 0.3 is 0 Å². The fraction of sp³-hybridized carbons (Fsp3) is 0.531. The third-order valence-electron chi connectivity index (χ3n) is 9.12. The molecule has 10 nitrogen and oxygen atoms in total. The predicted octanol–water partition coefficient (Wildman–Crippen LogP) is 3.96. The summed E-state index contributed by atoms with van der Waals surface area (Å²) < 4.78 is 35.6. The van der Waals surface area contributed by atoms with Crippen LogP contribution in [0.4, 0.5) is 11.6 Å². The Morgan fingerprint density at radius 2 is 1.91 bits per heavy atom. The van der Waals surface area contributed by atoms with Crippen LogP contribution in [0.5, 0.6) is 5.75 Å². The molecule has 6 rings (SSSR count). The van der Waals surface area contributed by atoms with Crippen LogP contribution in [0.1, 0.15) is 55.8 Å². The van der Waals surface area contributed by atoms with Gasteiger partial charge in [-0.1, -0.05) is 19.9 Å². The van der Waals surface area contributed by atoms with Crippen molar-refractivity contribution >= 4 is 21.7 Å². The maximum atomic E-state index is 13.3. The quantitative estimate of drug-likeness (QED) is 0.429. The maximum Gasteiger partial charge on any atom is 0.244 e. The van der Waals surface area contributed by atoms with E-state index in [4.69, 9.17) is 20.4 Å². The molecular formula is C32H43N7O3S. The van der Waals surface area contributed by atoms with Crippen LogP contribution in [0.25, 0.3) is 11.1 Å². The SMILES string of the molecule is Cc1nc2c(c(N3CCOc4ccc(-c5cnc(N)c(S(=O)(=O)NCC6CCN(C)CC6)c5)cc4C3)n1)CC(C)(C)CC2. The number of aromatic nitrogens is 3. The number of likely N-dealkylation sites (tertiary alicyclic amines) is 1. The van der Waals surface area contributed by atoms with Gasteiger partial charge in [0.15, 0.2) is 0 Å². The Labute approximate surface area is 255 Å². The van der Waals surface area contributed by atoms with Gasteiger partial charge in [0.2, 0.25) is 10.0 Å². The fourth-order valence-corrected chi connectivity index (χ4v) is 7.69. The van der Waals surface area contributed by atoms with Gasteiger partial charge in [-0.15, -0.1) is 0 Å². The third kappa shape index (κ3) is 6.49. The van der Waals surface area contributed by atoms with Crippen molar-refractivity contribution in [1.82, 2.24) is 24.6 Å². The average molecular weight is 606 g/mol. The van der Waals surface area contributed by atoms with Gasteiger partial charge in [0.05, 0.1) is 6.54 Å². The molecule has 4 heterocycles. The normalized spacial score (nSPS) is 19.3. The zero-order valence-corrected chi connectivity index (χ0v) is 26.5. The number of nitrogens with two attached hydrogens (primary N) is 1. The largest absolute Gasteiger partial charge is 0.491 e. The van der Waals surface area contributed by atoms with Crippen LogP contribution < -0.4 is 20.1 Å². The van der Waals surface area contributed by atoms with Crippen LogP contribution >= 0.6 is 0 Å². The number of ether oxygens (including phenoxy) is 1. The summed E-state index contributed by atoms with van der Waals surface area (Å²) in [6.07, 6.45) is 6.60. The molecule has 0 amide bonds. The van der Waals surface area contributed by atoms with E-state index in [1.807, 2.05) is 19.1 Å². The minimum Gasteiger partial charge on any atom is -0.491 e. The van der Waals surface area contributed by atoms with E-state index in [9.17, 15) is 8.42 Å². The summed E-state index contributed by atoms with van der Waals surface area (Å²) in [5.74, 6) is 2.92. The second kappa shape index (κ2) is 11.7. The Bertz CT molecular complexity index is 1620. The molecule has 1 saturated heterocycles. The number of hydrogen-bond acceptors (Lipinski definition) is 9. The Morgan fingerprint density at radius 1 is 1.12 bits per heavy atom. The summed E-state index contributed by atoms with van der Waals surface area (Å²) in [4.78, 5) is 18.6. The maximum absolute atomic E-state index is 13.3. The summed E-state index contributed by atoms with van der Waals surface area (Å²) >= 11 is 0. The number of hydrogen-bond donors (Lipinski definition) is 2. The highest BCUT2D eigenvalue weighted by molar-refractivity contribution is 7.89. The van der Waals surface area contributed by atoms with Crippen LogP contribution in [-0.2, 0) is 29.4 Å². The van der Waals surface area contributed by atoms with E-state index in [1.54, 1.807) is 12.3 Å². The van der Waals surface area contributed by atoms with Crippen molar-refractivity contribution in [1.29, 1.82) is 0 Å². The highest BCUT2D eigenvalue weighted by atomic mass is 32.2. The van der Waals surface area contributed by atoms with Gasteiger partial charge in [-0.2, -0.15) is 0 Å². The number of pyridine rings is 1. The van der Waals surface area contributed by atoms with Gasteiger partial charge in [0.25, 0.3) is 0 Å². The Balaban J connectivity index is 1.27. The standard InChI is InChI=1S/C32H43N7O3S/c1-21-36-27-7-10-32(2,3)17-26(27)31(37-21)39-13-14-42-28-6-5-23(15-25(28)20-39)24-16-29(30(33)34-19-24)43(40,41)35-18-22-8-11-38(4)12-9-22/h5-6,15-16,19,22,35H,7-14,17-18,20H2,1-4H3,(H2,33,34). The Hall–Kier alpha value is -3.28. The molecule has 0 bridgehead atoms. The molecule has 3 N–H and O–H groups in total. The van der Waals surface area contributed by atoms with E-state index in [1.165, 1.54) is 5.56 Å². The number of anilines is 2.